The lowest BCUT2D eigenvalue weighted by atomic mass is 9.77. The number of nitrogens with one attached hydrogen (secondary N) is 2. The maximum absolute atomic E-state index is 12.6. The lowest BCUT2D eigenvalue weighted by molar-refractivity contribution is -0.119. The molecule has 0 aliphatic rings. The number of fused-ring (bicyclic) bond motifs is 1. The number of imidazole rings is 1. The van der Waals surface area contributed by atoms with Crippen molar-refractivity contribution < 1.29 is 4.79 Å². The Labute approximate surface area is 251 Å². The van der Waals surface area contributed by atoms with Crippen LogP contribution < -0.4 is 11.1 Å². The summed E-state index contributed by atoms with van der Waals surface area (Å²) < 4.78 is 2.21. The second kappa shape index (κ2) is 12.6. The van der Waals surface area contributed by atoms with E-state index >= 15 is 0 Å². The van der Waals surface area contributed by atoms with Gasteiger partial charge in [0, 0.05) is 29.8 Å². The van der Waals surface area contributed by atoms with Gasteiger partial charge >= 0.3 is 0 Å². The number of hydrogen-bond donors (Lipinski definition) is 3. The molecule has 4 aromatic carbocycles. The lowest BCUT2D eigenvalue weighted by Gasteiger charge is -2.37. The number of aromatic nitrogens is 3. The molecule has 6 rings (SSSR count). The number of carbonyl (C=O) groups is 1. The van der Waals surface area contributed by atoms with Crippen LogP contribution in [0.25, 0.3) is 10.9 Å². The second-order valence-corrected chi connectivity index (χ2v) is 10.5. The Hall–Kier alpha value is -5.43. The Balaban J connectivity index is 1.16. The molecule has 0 aliphatic heterocycles. The number of aromatic amines is 1. The minimum absolute atomic E-state index is 0.131. The minimum atomic E-state index is -0.591. The number of guanidine groups is 1. The molecule has 0 spiro atoms. The van der Waals surface area contributed by atoms with Crippen LogP contribution in [0.15, 0.2) is 139 Å². The Kier molecular flexibility index (Phi) is 8.13. The average Bonchev–Trinajstić information content (AvgIpc) is 3.69. The molecular formula is C36H34N6O. The number of H-pyrrole nitrogens is 1. The highest BCUT2D eigenvalue weighted by molar-refractivity contribution is 5.98. The number of carbonyl (C=O) groups excluding carboxylic acids is 1. The summed E-state index contributed by atoms with van der Waals surface area (Å²) in [6.07, 6.45) is 7.60. The summed E-state index contributed by atoms with van der Waals surface area (Å²) in [4.78, 5) is 25.0. The highest BCUT2D eigenvalue weighted by atomic mass is 16.1. The minimum Gasteiger partial charge on any atom is -0.370 e. The average molecular weight is 567 g/mol. The van der Waals surface area contributed by atoms with Crippen LogP contribution in [-0.2, 0) is 23.2 Å². The fraction of sp³-hybridized carbons (Fsp3) is 0.139. The Morgan fingerprint density at radius 3 is 2.05 bits per heavy atom. The first-order valence-corrected chi connectivity index (χ1v) is 14.5. The molecule has 0 fully saturated rings. The molecule has 0 atom stereocenters. The van der Waals surface area contributed by atoms with Crippen LogP contribution >= 0.6 is 0 Å². The summed E-state index contributed by atoms with van der Waals surface area (Å²) in [5, 5.41) is 3.75. The highest BCUT2D eigenvalue weighted by Gasteiger charge is 2.38. The molecule has 0 unspecified atom stereocenters. The van der Waals surface area contributed by atoms with E-state index in [0.717, 1.165) is 51.7 Å². The summed E-state index contributed by atoms with van der Waals surface area (Å²) in [5.41, 5.74) is 11.8. The normalized spacial score (nSPS) is 12.0. The van der Waals surface area contributed by atoms with E-state index in [0.29, 0.717) is 6.54 Å². The molecule has 0 saturated carbocycles. The quantitative estimate of drug-likeness (QED) is 0.0844. The van der Waals surface area contributed by atoms with E-state index in [2.05, 4.69) is 98.9 Å². The van der Waals surface area contributed by atoms with Gasteiger partial charge in [-0.25, -0.2) is 4.98 Å². The number of para-hydroxylation sites is 1. The fourth-order valence-electron chi connectivity index (χ4n) is 5.80. The van der Waals surface area contributed by atoms with Gasteiger partial charge < -0.3 is 15.3 Å². The van der Waals surface area contributed by atoms with Crippen molar-refractivity contribution in [1.29, 1.82) is 0 Å². The van der Waals surface area contributed by atoms with Crippen LogP contribution in [0, 0.1) is 0 Å². The third kappa shape index (κ3) is 5.83. The van der Waals surface area contributed by atoms with Crippen molar-refractivity contribution in [2.75, 3.05) is 6.54 Å². The molecule has 7 nitrogen and oxygen atoms in total. The number of amides is 1. The van der Waals surface area contributed by atoms with Gasteiger partial charge in [0.25, 0.3) is 0 Å². The fourth-order valence-corrected chi connectivity index (χ4v) is 5.80. The zero-order valence-corrected chi connectivity index (χ0v) is 23.9. The summed E-state index contributed by atoms with van der Waals surface area (Å²) in [7, 11) is 0. The molecule has 0 aliphatic carbocycles. The molecule has 0 bridgehead atoms. The van der Waals surface area contributed by atoms with E-state index in [9.17, 15) is 4.79 Å². The molecule has 7 heteroatoms. The van der Waals surface area contributed by atoms with Crippen molar-refractivity contribution in [1.82, 2.24) is 19.9 Å². The largest absolute Gasteiger partial charge is 0.370 e. The molecule has 43 heavy (non-hydrogen) atoms. The number of nitrogens with two attached hydrogens (primary N) is 1. The number of aryl methyl sites for hydroxylation is 1. The van der Waals surface area contributed by atoms with Gasteiger partial charge in [0.15, 0.2) is 5.96 Å². The number of nitrogens with zero attached hydrogens (tertiary/aromatic N) is 3. The van der Waals surface area contributed by atoms with Crippen LogP contribution in [0.5, 0.6) is 0 Å². The predicted octanol–water partition coefficient (Wildman–Crippen LogP) is 5.81. The zero-order valence-electron chi connectivity index (χ0n) is 23.9. The van der Waals surface area contributed by atoms with E-state index in [1.165, 1.54) is 0 Å². The third-order valence-electron chi connectivity index (χ3n) is 7.76. The predicted molar refractivity (Wildman–Crippen MR) is 172 cm³/mol. The standard InChI is InChI=1S/C36H34N6O/c37-35(41-34(43)23-27-24-39-33-21-11-10-20-32(27)33)38-22-12-19-31-25-42(26-40-31)36(28-13-4-1-5-14-28,29-15-6-2-7-16-29)30-17-8-3-9-18-30/h1-11,13-18,20-21,24-26,39H,12,19,22-23H2,(H3,37,38,41,43). The van der Waals surface area contributed by atoms with Crippen molar-refractivity contribution in [2.45, 2.75) is 24.8 Å². The highest BCUT2D eigenvalue weighted by Crippen LogP contribution is 2.40. The third-order valence-corrected chi connectivity index (χ3v) is 7.76. The molecule has 4 N–H and O–H groups in total. The number of hydrogen-bond acceptors (Lipinski definition) is 3. The molecule has 1 amide bonds. The van der Waals surface area contributed by atoms with Gasteiger partial charge in [0.05, 0.1) is 18.4 Å². The summed E-state index contributed by atoms with van der Waals surface area (Å²) in [5.74, 6) is -0.0598. The number of benzene rings is 4. The number of aliphatic imine (C=N–C) groups is 1. The Morgan fingerprint density at radius 2 is 1.42 bits per heavy atom. The van der Waals surface area contributed by atoms with Crippen LogP contribution in [-0.4, -0.2) is 32.9 Å². The van der Waals surface area contributed by atoms with Crippen LogP contribution in [0.4, 0.5) is 0 Å². The van der Waals surface area contributed by atoms with Gasteiger partial charge in [-0.1, -0.05) is 109 Å². The van der Waals surface area contributed by atoms with Gasteiger partial charge in [0.1, 0.15) is 5.54 Å². The van der Waals surface area contributed by atoms with Crippen molar-refractivity contribution in [3.8, 4) is 0 Å². The smallest absolute Gasteiger partial charge is 0.231 e. The summed E-state index contributed by atoms with van der Waals surface area (Å²) >= 11 is 0. The molecule has 0 saturated heterocycles. The maximum atomic E-state index is 12.6. The molecular weight excluding hydrogens is 532 g/mol. The van der Waals surface area contributed by atoms with E-state index in [1.54, 1.807) is 0 Å². The van der Waals surface area contributed by atoms with Gasteiger partial charge in [-0.05, 0) is 41.2 Å². The first-order chi connectivity index (χ1) is 21.1. The molecule has 214 valence electrons. The van der Waals surface area contributed by atoms with Gasteiger partial charge in [-0.15, -0.1) is 0 Å². The SMILES string of the molecule is NC(=NCCCc1cn(C(c2ccccc2)(c2ccccc2)c2ccccc2)cn1)NC(=O)Cc1c[nH]c2ccccc12. The molecule has 0 radical (unpaired) electrons. The summed E-state index contributed by atoms with van der Waals surface area (Å²) in [6, 6.07) is 39.5. The van der Waals surface area contributed by atoms with Gasteiger partial charge in [-0.2, -0.15) is 0 Å². The first-order valence-electron chi connectivity index (χ1n) is 14.5. The van der Waals surface area contributed by atoms with E-state index in [1.807, 2.05) is 55.0 Å². The van der Waals surface area contributed by atoms with Crippen LogP contribution in [0.2, 0.25) is 0 Å². The van der Waals surface area contributed by atoms with Crippen molar-refractivity contribution in [3.63, 3.8) is 0 Å². The molecule has 2 aromatic heterocycles. The Morgan fingerprint density at radius 1 is 0.837 bits per heavy atom. The topological polar surface area (TPSA) is 101 Å². The van der Waals surface area contributed by atoms with E-state index < -0.39 is 5.54 Å². The van der Waals surface area contributed by atoms with Crippen molar-refractivity contribution in [3.05, 3.63) is 162 Å². The van der Waals surface area contributed by atoms with E-state index in [4.69, 9.17) is 10.7 Å². The Bertz CT molecular complexity index is 1730. The van der Waals surface area contributed by atoms with Gasteiger partial charge in [0.2, 0.25) is 5.91 Å². The van der Waals surface area contributed by atoms with Crippen molar-refractivity contribution >= 4 is 22.8 Å². The van der Waals surface area contributed by atoms with Crippen molar-refractivity contribution in [2.24, 2.45) is 10.7 Å². The first kappa shape index (κ1) is 27.7. The van der Waals surface area contributed by atoms with Crippen LogP contribution in [0.1, 0.15) is 34.4 Å². The lowest BCUT2D eigenvalue weighted by Crippen LogP contribution is -2.37. The molecule has 6 aromatic rings. The van der Waals surface area contributed by atoms with Gasteiger partial charge in [-0.3, -0.25) is 15.1 Å². The molecule has 2 heterocycles. The summed E-state index contributed by atoms with van der Waals surface area (Å²) in [6.45, 7) is 0.479. The maximum Gasteiger partial charge on any atom is 0.231 e. The second-order valence-electron chi connectivity index (χ2n) is 10.5. The zero-order chi connectivity index (χ0) is 29.5. The van der Waals surface area contributed by atoms with E-state index in [-0.39, 0.29) is 18.3 Å². The van der Waals surface area contributed by atoms with Crippen LogP contribution in [0.3, 0.4) is 0 Å². The monoisotopic (exact) mass is 566 g/mol. The number of rotatable bonds is 10.